The molecule has 164 valence electrons. The lowest BCUT2D eigenvalue weighted by Gasteiger charge is -2.18. The van der Waals surface area contributed by atoms with Gasteiger partial charge in [-0.05, 0) is 37.8 Å². The van der Waals surface area contributed by atoms with Crippen LogP contribution in [0.2, 0.25) is 0 Å². The minimum atomic E-state index is -1.45. The predicted octanol–water partition coefficient (Wildman–Crippen LogP) is 0.657. The molecule has 1 aromatic carbocycles. The van der Waals surface area contributed by atoms with Gasteiger partial charge in [0.05, 0.1) is 0 Å². The Morgan fingerprint density at radius 1 is 0.800 bits per heavy atom. The van der Waals surface area contributed by atoms with E-state index in [0.717, 1.165) is 0 Å². The van der Waals surface area contributed by atoms with Gasteiger partial charge in [-0.25, -0.2) is 14.4 Å². The number of rotatable bonds is 13. The number of aliphatic carboxylic acids is 3. The summed E-state index contributed by atoms with van der Waals surface area (Å²) >= 11 is 0. The zero-order valence-corrected chi connectivity index (χ0v) is 16.2. The molecule has 3 amide bonds. The largest absolute Gasteiger partial charge is 0.481 e. The van der Waals surface area contributed by atoms with Gasteiger partial charge in [0.15, 0.2) is 0 Å². The van der Waals surface area contributed by atoms with E-state index in [1.165, 1.54) is 0 Å². The minimum Gasteiger partial charge on any atom is -0.481 e. The fourth-order valence-corrected chi connectivity index (χ4v) is 2.51. The molecule has 0 bridgehead atoms. The van der Waals surface area contributed by atoms with Gasteiger partial charge in [0.25, 0.3) is 5.91 Å². The molecule has 6 N–H and O–H groups in total. The molecule has 1 aromatic rings. The van der Waals surface area contributed by atoms with E-state index >= 15 is 0 Å². The highest BCUT2D eigenvalue weighted by Crippen LogP contribution is 2.04. The van der Waals surface area contributed by atoms with Crippen molar-refractivity contribution in [2.45, 2.75) is 44.2 Å². The number of benzene rings is 1. The van der Waals surface area contributed by atoms with E-state index in [1.54, 1.807) is 30.3 Å². The summed E-state index contributed by atoms with van der Waals surface area (Å²) in [5.74, 6) is -4.18. The van der Waals surface area contributed by atoms with Crippen molar-refractivity contribution in [3.8, 4) is 0 Å². The van der Waals surface area contributed by atoms with Crippen molar-refractivity contribution in [2.24, 2.45) is 0 Å². The van der Waals surface area contributed by atoms with Crippen molar-refractivity contribution in [3.05, 3.63) is 35.9 Å². The summed E-state index contributed by atoms with van der Waals surface area (Å²) in [5, 5.41) is 33.8. The zero-order valence-electron chi connectivity index (χ0n) is 16.2. The van der Waals surface area contributed by atoms with Crippen LogP contribution < -0.4 is 16.0 Å². The Hall–Kier alpha value is -3.63. The van der Waals surface area contributed by atoms with Crippen LogP contribution in [0.25, 0.3) is 0 Å². The van der Waals surface area contributed by atoms with Crippen LogP contribution in [0.15, 0.2) is 30.3 Å². The van der Waals surface area contributed by atoms with Crippen molar-refractivity contribution in [3.63, 3.8) is 0 Å². The highest BCUT2D eigenvalue weighted by atomic mass is 16.4. The Labute approximate surface area is 172 Å². The van der Waals surface area contributed by atoms with Gasteiger partial charge in [-0.2, -0.15) is 0 Å². The summed E-state index contributed by atoms with van der Waals surface area (Å²) in [6, 6.07) is 4.86. The van der Waals surface area contributed by atoms with E-state index in [2.05, 4.69) is 16.0 Å². The van der Waals surface area contributed by atoms with Crippen LogP contribution in [-0.2, 0) is 14.4 Å². The van der Waals surface area contributed by atoms with Crippen molar-refractivity contribution in [2.75, 3.05) is 6.54 Å². The Morgan fingerprint density at radius 3 is 1.90 bits per heavy atom. The summed E-state index contributed by atoms with van der Waals surface area (Å²) in [6.45, 7) is 0.322. The van der Waals surface area contributed by atoms with Gasteiger partial charge < -0.3 is 31.3 Å². The molecule has 0 aromatic heterocycles. The second kappa shape index (κ2) is 12.8. The number of hydrogen-bond acceptors (Lipinski definition) is 5. The molecule has 0 radical (unpaired) electrons. The number of carboxylic acid groups (broad SMARTS) is 3. The molecule has 1 unspecified atom stereocenters. The Balaban J connectivity index is 2.39. The fourth-order valence-electron chi connectivity index (χ4n) is 2.51. The molecule has 0 saturated carbocycles. The van der Waals surface area contributed by atoms with Crippen LogP contribution in [0.1, 0.15) is 42.5 Å². The van der Waals surface area contributed by atoms with Gasteiger partial charge in [0, 0.05) is 18.5 Å². The van der Waals surface area contributed by atoms with Crippen LogP contribution in [-0.4, -0.2) is 63.8 Å². The lowest BCUT2D eigenvalue weighted by Crippen LogP contribution is -2.51. The minimum absolute atomic E-state index is 0.0663. The van der Waals surface area contributed by atoms with Crippen LogP contribution >= 0.6 is 0 Å². The lowest BCUT2D eigenvalue weighted by atomic mass is 10.1. The van der Waals surface area contributed by atoms with Crippen molar-refractivity contribution in [1.82, 2.24) is 16.0 Å². The molecule has 0 spiro atoms. The van der Waals surface area contributed by atoms with Crippen LogP contribution in [0.5, 0.6) is 0 Å². The predicted molar refractivity (Wildman–Crippen MR) is 104 cm³/mol. The molecule has 0 aliphatic heterocycles. The first-order valence-electron chi connectivity index (χ1n) is 9.28. The average Bonchev–Trinajstić information content (AvgIpc) is 2.69. The maximum Gasteiger partial charge on any atom is 0.326 e. The second-order valence-electron chi connectivity index (χ2n) is 6.45. The highest BCUT2D eigenvalue weighted by molar-refractivity contribution is 5.94. The molecule has 0 fully saturated rings. The Kier molecular flexibility index (Phi) is 10.4. The number of unbranched alkanes of at least 4 members (excludes halogenated alkanes) is 1. The van der Waals surface area contributed by atoms with Gasteiger partial charge in [-0.3, -0.25) is 9.59 Å². The average molecular weight is 423 g/mol. The first-order chi connectivity index (χ1) is 14.2. The van der Waals surface area contributed by atoms with E-state index in [0.29, 0.717) is 24.9 Å². The third-order valence-corrected chi connectivity index (χ3v) is 4.09. The Morgan fingerprint density at radius 2 is 1.37 bits per heavy atom. The van der Waals surface area contributed by atoms with Crippen LogP contribution in [0.4, 0.5) is 4.79 Å². The molecule has 0 saturated heterocycles. The van der Waals surface area contributed by atoms with Gasteiger partial charge in [0.1, 0.15) is 12.1 Å². The third kappa shape index (κ3) is 9.53. The molecule has 1 rings (SSSR count). The number of carbonyl (C=O) groups excluding carboxylic acids is 2. The number of hydrogen-bond donors (Lipinski definition) is 6. The Bertz CT molecular complexity index is 753. The van der Waals surface area contributed by atoms with Crippen molar-refractivity contribution >= 4 is 29.8 Å². The topological polar surface area (TPSA) is 182 Å². The van der Waals surface area contributed by atoms with E-state index in [9.17, 15) is 29.1 Å². The quantitative estimate of drug-likeness (QED) is 0.250. The summed E-state index contributed by atoms with van der Waals surface area (Å²) < 4.78 is 0. The van der Waals surface area contributed by atoms with E-state index in [-0.39, 0.29) is 18.7 Å². The molecule has 0 aliphatic rings. The molecule has 0 aliphatic carbocycles. The zero-order chi connectivity index (χ0) is 22.5. The van der Waals surface area contributed by atoms with E-state index in [1.807, 2.05) is 0 Å². The fraction of sp³-hybridized carbons (Fsp3) is 0.421. The van der Waals surface area contributed by atoms with Gasteiger partial charge in [-0.15, -0.1) is 0 Å². The number of carbonyl (C=O) groups is 5. The highest BCUT2D eigenvalue weighted by Gasteiger charge is 2.24. The first kappa shape index (κ1) is 24.4. The number of nitrogens with one attached hydrogen (secondary N) is 3. The smallest absolute Gasteiger partial charge is 0.326 e. The normalized spacial score (nSPS) is 12.3. The summed E-state index contributed by atoms with van der Waals surface area (Å²) in [4.78, 5) is 56.7. The SMILES string of the molecule is O=C(O)CC[C@H](NC(=O)NC(CCCCNC(=O)c1ccccc1)C(=O)O)C(=O)O. The maximum absolute atomic E-state index is 11.9. The number of amides is 3. The summed E-state index contributed by atoms with van der Waals surface area (Å²) in [6.07, 6.45) is 0.123. The van der Waals surface area contributed by atoms with Crippen LogP contribution in [0, 0.1) is 0 Å². The van der Waals surface area contributed by atoms with E-state index < -0.39 is 42.4 Å². The third-order valence-electron chi connectivity index (χ3n) is 4.09. The van der Waals surface area contributed by atoms with Gasteiger partial charge in [0.2, 0.25) is 0 Å². The number of carboxylic acids is 3. The summed E-state index contributed by atoms with van der Waals surface area (Å²) in [7, 11) is 0. The molecular weight excluding hydrogens is 398 g/mol. The maximum atomic E-state index is 11.9. The standard InChI is InChI=1S/C19H25N3O8/c23-15(24)10-9-14(18(28)29)22-19(30)21-13(17(26)27)8-4-5-11-20-16(25)12-6-2-1-3-7-12/h1-3,6-7,13-14H,4-5,8-11H2,(H,20,25)(H,23,24)(H,26,27)(H,28,29)(H2,21,22,30)/t13?,14-/m0/s1. The lowest BCUT2D eigenvalue weighted by molar-refractivity contribution is -0.140. The van der Waals surface area contributed by atoms with Gasteiger partial charge >= 0.3 is 23.9 Å². The molecule has 11 nitrogen and oxygen atoms in total. The first-order valence-corrected chi connectivity index (χ1v) is 9.28. The molecule has 0 heterocycles. The second-order valence-corrected chi connectivity index (χ2v) is 6.45. The monoisotopic (exact) mass is 423 g/mol. The molecular formula is C19H25N3O8. The van der Waals surface area contributed by atoms with Crippen molar-refractivity contribution < 1.29 is 39.3 Å². The van der Waals surface area contributed by atoms with Crippen LogP contribution in [0.3, 0.4) is 0 Å². The molecule has 30 heavy (non-hydrogen) atoms. The number of urea groups is 1. The molecule has 2 atom stereocenters. The summed E-state index contributed by atoms with van der Waals surface area (Å²) in [5.41, 5.74) is 0.509. The van der Waals surface area contributed by atoms with Crippen molar-refractivity contribution in [1.29, 1.82) is 0 Å². The van der Waals surface area contributed by atoms with E-state index in [4.69, 9.17) is 10.2 Å². The molecule has 11 heteroatoms. The van der Waals surface area contributed by atoms with Gasteiger partial charge in [-0.1, -0.05) is 18.2 Å².